The minimum atomic E-state index is -3.74. The van der Waals surface area contributed by atoms with E-state index in [0.717, 1.165) is 11.1 Å². The molecule has 4 aromatic rings. The van der Waals surface area contributed by atoms with Gasteiger partial charge in [-0.25, -0.2) is 13.4 Å². The molecule has 0 bridgehead atoms. The van der Waals surface area contributed by atoms with Crippen LogP contribution in [0.3, 0.4) is 0 Å². The van der Waals surface area contributed by atoms with E-state index in [-0.39, 0.29) is 11.0 Å². The summed E-state index contributed by atoms with van der Waals surface area (Å²) in [5.74, 6) is 0.382. The summed E-state index contributed by atoms with van der Waals surface area (Å²) >= 11 is 5.83. The van der Waals surface area contributed by atoms with Gasteiger partial charge in [-0.15, -0.1) is 0 Å². The summed E-state index contributed by atoms with van der Waals surface area (Å²) in [6.45, 7) is 0. The van der Waals surface area contributed by atoms with Gasteiger partial charge in [0.05, 0.1) is 16.8 Å². The maximum absolute atomic E-state index is 12.5. The first-order chi connectivity index (χ1) is 15.0. The van der Waals surface area contributed by atoms with Gasteiger partial charge in [-0.3, -0.25) is 4.72 Å². The van der Waals surface area contributed by atoms with Crippen molar-refractivity contribution in [1.29, 1.82) is 0 Å². The molecule has 5 nitrogen and oxygen atoms in total. The number of pyridine rings is 1. The van der Waals surface area contributed by atoms with E-state index in [1.54, 1.807) is 12.1 Å². The van der Waals surface area contributed by atoms with Gasteiger partial charge in [0, 0.05) is 11.1 Å². The van der Waals surface area contributed by atoms with Crippen LogP contribution in [0.1, 0.15) is 17.2 Å². The fourth-order valence-electron chi connectivity index (χ4n) is 3.04. The largest absolute Gasteiger partial charge is 0.465 e. The summed E-state index contributed by atoms with van der Waals surface area (Å²) in [5.41, 5.74) is 2.31. The number of halogens is 1. The van der Waals surface area contributed by atoms with E-state index in [1.165, 1.54) is 30.5 Å². The summed E-state index contributed by atoms with van der Waals surface area (Å²) < 4.78 is 33.7. The lowest BCUT2D eigenvalue weighted by Crippen LogP contribution is -2.13. The zero-order chi connectivity index (χ0) is 21.7. The number of sulfonamides is 1. The molecule has 0 atom stereocenters. The van der Waals surface area contributed by atoms with Gasteiger partial charge >= 0.3 is 0 Å². The van der Waals surface area contributed by atoms with Crippen molar-refractivity contribution >= 4 is 27.3 Å². The smallest absolute Gasteiger partial charge is 0.261 e. The Kier molecular flexibility index (Phi) is 6.21. The second kappa shape index (κ2) is 9.20. The van der Waals surface area contributed by atoms with E-state index < -0.39 is 10.0 Å². The molecule has 0 amide bonds. The van der Waals surface area contributed by atoms with Crippen LogP contribution >= 0.6 is 11.6 Å². The van der Waals surface area contributed by atoms with Gasteiger partial charge in [0.1, 0.15) is 0 Å². The Bertz CT molecular complexity index is 1190. The molecule has 31 heavy (non-hydrogen) atoms. The van der Waals surface area contributed by atoms with E-state index in [0.29, 0.717) is 16.6 Å². The van der Waals surface area contributed by atoms with Crippen molar-refractivity contribution in [1.82, 2.24) is 4.98 Å². The molecule has 0 spiro atoms. The van der Waals surface area contributed by atoms with Crippen LogP contribution in [-0.2, 0) is 10.0 Å². The Morgan fingerprint density at radius 2 is 1.35 bits per heavy atom. The highest BCUT2D eigenvalue weighted by atomic mass is 35.5. The highest BCUT2D eigenvalue weighted by molar-refractivity contribution is 7.92. The number of nitrogens with zero attached hydrogens (tertiary/aromatic N) is 1. The molecule has 156 valence electrons. The second-order valence-corrected chi connectivity index (χ2v) is 8.88. The van der Waals surface area contributed by atoms with Gasteiger partial charge in [-0.1, -0.05) is 72.3 Å². The van der Waals surface area contributed by atoms with Crippen LogP contribution in [0, 0.1) is 0 Å². The molecule has 0 aliphatic rings. The number of ether oxygens (including phenoxy) is 1. The average molecular weight is 451 g/mol. The molecule has 1 aromatic heterocycles. The SMILES string of the molecule is O=S(=O)(Nc1ccc(OC(c2ccccc2)c2ccccc2)nc1)c1ccc(Cl)cc1. The van der Waals surface area contributed by atoms with Crippen LogP contribution in [0.25, 0.3) is 0 Å². The van der Waals surface area contributed by atoms with Gasteiger partial charge in [-0.2, -0.15) is 0 Å². The molecule has 0 radical (unpaired) electrons. The molecule has 0 saturated heterocycles. The van der Waals surface area contributed by atoms with Crippen LogP contribution < -0.4 is 9.46 Å². The minimum Gasteiger partial charge on any atom is -0.465 e. The van der Waals surface area contributed by atoms with E-state index >= 15 is 0 Å². The molecule has 0 aliphatic carbocycles. The molecule has 7 heteroatoms. The quantitative estimate of drug-likeness (QED) is 0.392. The summed E-state index contributed by atoms with van der Waals surface area (Å²) in [6.07, 6.45) is 1.09. The summed E-state index contributed by atoms with van der Waals surface area (Å²) in [7, 11) is -3.74. The zero-order valence-electron chi connectivity index (χ0n) is 16.4. The lowest BCUT2D eigenvalue weighted by atomic mass is 10.0. The number of nitrogens with one attached hydrogen (secondary N) is 1. The third-order valence-electron chi connectivity index (χ3n) is 4.56. The van der Waals surface area contributed by atoms with Crippen LogP contribution in [0.4, 0.5) is 5.69 Å². The number of aromatic nitrogens is 1. The molecular weight excluding hydrogens is 432 g/mol. The van der Waals surface area contributed by atoms with E-state index in [9.17, 15) is 8.42 Å². The molecule has 0 aliphatic heterocycles. The fraction of sp³-hybridized carbons (Fsp3) is 0.0417. The first kappa shape index (κ1) is 20.9. The minimum absolute atomic E-state index is 0.116. The van der Waals surface area contributed by atoms with Crippen molar-refractivity contribution in [2.24, 2.45) is 0 Å². The van der Waals surface area contributed by atoms with Gasteiger partial charge < -0.3 is 4.74 Å². The van der Waals surface area contributed by atoms with E-state index in [4.69, 9.17) is 16.3 Å². The standard InChI is InChI=1S/C24H19ClN2O3S/c25-20-11-14-22(15-12-20)31(28,29)27-21-13-16-23(26-17-21)30-24(18-7-3-1-4-8-18)19-9-5-2-6-10-19/h1-17,24,27H. The Labute approximate surface area is 186 Å². The number of hydrogen-bond donors (Lipinski definition) is 1. The molecule has 0 saturated carbocycles. The van der Waals surface area contributed by atoms with Gasteiger partial charge in [0.25, 0.3) is 10.0 Å². The van der Waals surface area contributed by atoms with Crippen molar-refractivity contribution in [2.75, 3.05) is 4.72 Å². The second-order valence-electron chi connectivity index (χ2n) is 6.76. The molecule has 1 N–H and O–H groups in total. The number of anilines is 1. The normalized spacial score (nSPS) is 11.3. The van der Waals surface area contributed by atoms with E-state index in [2.05, 4.69) is 9.71 Å². The fourth-order valence-corrected chi connectivity index (χ4v) is 4.21. The van der Waals surface area contributed by atoms with Gasteiger partial charge in [-0.05, 0) is 41.5 Å². The topological polar surface area (TPSA) is 68.3 Å². The van der Waals surface area contributed by atoms with Crippen molar-refractivity contribution in [2.45, 2.75) is 11.0 Å². The molecular formula is C24H19ClN2O3S. The Morgan fingerprint density at radius 3 is 1.87 bits per heavy atom. The van der Waals surface area contributed by atoms with Crippen LogP contribution in [0.15, 0.2) is 108 Å². The lowest BCUT2D eigenvalue weighted by Gasteiger charge is -2.19. The molecule has 4 rings (SSSR count). The predicted molar refractivity (Wildman–Crippen MR) is 122 cm³/mol. The monoisotopic (exact) mass is 450 g/mol. The van der Waals surface area contributed by atoms with Crippen LogP contribution in [-0.4, -0.2) is 13.4 Å². The highest BCUT2D eigenvalue weighted by Crippen LogP contribution is 2.28. The third kappa shape index (κ3) is 5.23. The third-order valence-corrected chi connectivity index (χ3v) is 6.20. The van der Waals surface area contributed by atoms with Crippen molar-refractivity contribution in [3.8, 4) is 5.88 Å². The van der Waals surface area contributed by atoms with Gasteiger partial charge in [0.15, 0.2) is 6.10 Å². The number of rotatable bonds is 7. The maximum atomic E-state index is 12.5. The molecule has 0 fully saturated rings. The summed E-state index contributed by atoms with van der Waals surface area (Å²) in [6, 6.07) is 28.9. The van der Waals surface area contributed by atoms with Crippen molar-refractivity contribution in [3.63, 3.8) is 0 Å². The Morgan fingerprint density at radius 1 is 0.774 bits per heavy atom. The Balaban J connectivity index is 1.53. The summed E-state index contributed by atoms with van der Waals surface area (Å²) in [4.78, 5) is 4.41. The van der Waals surface area contributed by atoms with Crippen LogP contribution in [0.2, 0.25) is 5.02 Å². The molecule has 0 unspecified atom stereocenters. The molecule has 1 heterocycles. The van der Waals surface area contributed by atoms with Crippen molar-refractivity contribution in [3.05, 3.63) is 119 Å². The van der Waals surface area contributed by atoms with E-state index in [1.807, 2.05) is 60.7 Å². The first-order valence-electron chi connectivity index (χ1n) is 9.52. The lowest BCUT2D eigenvalue weighted by molar-refractivity contribution is 0.237. The van der Waals surface area contributed by atoms with Gasteiger partial charge in [0.2, 0.25) is 5.88 Å². The Hall–Kier alpha value is -3.35. The first-order valence-corrected chi connectivity index (χ1v) is 11.4. The average Bonchev–Trinajstić information content (AvgIpc) is 2.80. The maximum Gasteiger partial charge on any atom is 0.261 e. The summed E-state index contributed by atoms with van der Waals surface area (Å²) in [5, 5.41) is 0.466. The predicted octanol–water partition coefficient (Wildman–Crippen LogP) is 5.70. The highest BCUT2D eigenvalue weighted by Gasteiger charge is 2.17. The van der Waals surface area contributed by atoms with Crippen molar-refractivity contribution < 1.29 is 13.2 Å². The number of benzene rings is 3. The number of hydrogen-bond acceptors (Lipinski definition) is 4. The molecule has 3 aromatic carbocycles. The van der Waals surface area contributed by atoms with Crippen LogP contribution in [0.5, 0.6) is 5.88 Å². The zero-order valence-corrected chi connectivity index (χ0v) is 17.9.